The molecule has 0 aliphatic rings. The van der Waals surface area contributed by atoms with E-state index < -0.39 is 0 Å². The maximum Gasteiger partial charge on any atom is 0.129 e. The average Bonchev–Trinajstić information content (AvgIpc) is 2.33. The van der Waals surface area contributed by atoms with Crippen molar-refractivity contribution in [3.63, 3.8) is 0 Å². The lowest BCUT2D eigenvalue weighted by Gasteiger charge is -2.08. The first-order valence-electron chi connectivity index (χ1n) is 5.24. The summed E-state index contributed by atoms with van der Waals surface area (Å²) in [5.41, 5.74) is 5.84. The van der Waals surface area contributed by atoms with Crippen LogP contribution in [-0.4, -0.2) is 5.84 Å². The van der Waals surface area contributed by atoms with E-state index in [2.05, 4.69) is 0 Å². The van der Waals surface area contributed by atoms with Gasteiger partial charge < -0.3 is 10.5 Å². The molecular formula is C13H9Cl3N2O. The summed E-state index contributed by atoms with van der Waals surface area (Å²) in [6.07, 6.45) is 0. The molecule has 98 valence electrons. The van der Waals surface area contributed by atoms with Gasteiger partial charge in [-0.1, -0.05) is 34.8 Å². The van der Waals surface area contributed by atoms with Crippen molar-refractivity contribution in [2.24, 2.45) is 5.73 Å². The van der Waals surface area contributed by atoms with Crippen molar-refractivity contribution in [3.8, 4) is 11.5 Å². The zero-order chi connectivity index (χ0) is 14.0. The topological polar surface area (TPSA) is 59.1 Å². The highest BCUT2D eigenvalue weighted by atomic mass is 35.5. The van der Waals surface area contributed by atoms with E-state index in [-0.39, 0.29) is 5.84 Å². The second-order valence-corrected chi connectivity index (χ2v) is 4.95. The van der Waals surface area contributed by atoms with Crippen molar-refractivity contribution in [1.82, 2.24) is 0 Å². The third-order valence-electron chi connectivity index (χ3n) is 2.36. The molecule has 0 saturated heterocycles. The summed E-state index contributed by atoms with van der Waals surface area (Å²) in [6, 6.07) is 9.83. The van der Waals surface area contributed by atoms with Crippen molar-refractivity contribution < 1.29 is 4.74 Å². The van der Waals surface area contributed by atoms with Gasteiger partial charge in [0.05, 0.1) is 15.1 Å². The van der Waals surface area contributed by atoms with E-state index >= 15 is 0 Å². The van der Waals surface area contributed by atoms with Crippen molar-refractivity contribution in [3.05, 3.63) is 57.0 Å². The molecule has 0 saturated carbocycles. The third kappa shape index (κ3) is 3.32. The molecule has 0 bridgehead atoms. The molecule has 2 aromatic rings. The summed E-state index contributed by atoms with van der Waals surface area (Å²) in [4.78, 5) is 0. The summed E-state index contributed by atoms with van der Waals surface area (Å²) >= 11 is 17.7. The van der Waals surface area contributed by atoms with Gasteiger partial charge in [0, 0.05) is 17.7 Å². The van der Waals surface area contributed by atoms with Crippen LogP contribution in [0.3, 0.4) is 0 Å². The number of benzene rings is 2. The molecule has 0 radical (unpaired) electrons. The minimum absolute atomic E-state index is 0.0916. The Morgan fingerprint density at radius 3 is 2.00 bits per heavy atom. The SMILES string of the molecule is N=C(N)c1ccc(Oc2ccc(Cl)c(Cl)c2)cc1Cl. The Hall–Kier alpha value is -1.42. The number of nitrogens with two attached hydrogens (primary N) is 1. The Morgan fingerprint density at radius 1 is 0.895 bits per heavy atom. The minimum atomic E-state index is -0.0916. The maximum absolute atomic E-state index is 7.34. The number of nitrogens with one attached hydrogen (secondary N) is 1. The second-order valence-electron chi connectivity index (χ2n) is 3.73. The minimum Gasteiger partial charge on any atom is -0.457 e. The van der Waals surface area contributed by atoms with Crippen LogP contribution < -0.4 is 10.5 Å². The lowest BCUT2D eigenvalue weighted by molar-refractivity contribution is 0.483. The van der Waals surface area contributed by atoms with Gasteiger partial charge in [-0.25, -0.2) is 0 Å². The van der Waals surface area contributed by atoms with Crippen LogP contribution in [0.4, 0.5) is 0 Å². The molecule has 0 aromatic heterocycles. The average molecular weight is 316 g/mol. The molecule has 0 amide bonds. The monoisotopic (exact) mass is 314 g/mol. The lowest BCUT2D eigenvalue weighted by atomic mass is 10.2. The predicted octanol–water partition coefficient (Wildman–Crippen LogP) is 4.72. The number of rotatable bonds is 3. The first-order chi connectivity index (χ1) is 8.97. The zero-order valence-corrected chi connectivity index (χ0v) is 11.9. The Morgan fingerprint density at radius 2 is 1.47 bits per heavy atom. The molecule has 0 atom stereocenters. The van der Waals surface area contributed by atoms with E-state index in [1.165, 1.54) is 0 Å². The summed E-state index contributed by atoms with van der Waals surface area (Å²) in [5.74, 6) is 0.973. The Balaban J connectivity index is 2.26. The van der Waals surface area contributed by atoms with Gasteiger partial charge in [-0.15, -0.1) is 0 Å². The van der Waals surface area contributed by atoms with Gasteiger partial charge in [-0.3, -0.25) is 5.41 Å². The van der Waals surface area contributed by atoms with Gasteiger partial charge in [0.25, 0.3) is 0 Å². The van der Waals surface area contributed by atoms with Crippen LogP contribution in [0.25, 0.3) is 0 Å². The van der Waals surface area contributed by atoms with E-state index in [1.807, 2.05) is 0 Å². The molecule has 6 heteroatoms. The van der Waals surface area contributed by atoms with Crippen LogP contribution in [0.15, 0.2) is 36.4 Å². The van der Waals surface area contributed by atoms with Gasteiger partial charge >= 0.3 is 0 Å². The van der Waals surface area contributed by atoms with E-state index in [0.717, 1.165) is 0 Å². The van der Waals surface area contributed by atoms with Crippen LogP contribution in [-0.2, 0) is 0 Å². The molecule has 2 aromatic carbocycles. The normalized spacial score (nSPS) is 10.3. The van der Waals surface area contributed by atoms with Crippen LogP contribution in [0.1, 0.15) is 5.56 Å². The van der Waals surface area contributed by atoms with E-state index in [9.17, 15) is 0 Å². The fourth-order valence-electron chi connectivity index (χ4n) is 1.45. The Bertz CT molecular complexity index is 644. The van der Waals surface area contributed by atoms with E-state index in [0.29, 0.717) is 32.1 Å². The molecule has 0 unspecified atom stereocenters. The second kappa shape index (κ2) is 5.70. The molecule has 0 fully saturated rings. The first kappa shape index (κ1) is 14.0. The number of ether oxygens (including phenoxy) is 1. The highest BCUT2D eigenvalue weighted by Crippen LogP contribution is 2.31. The third-order valence-corrected chi connectivity index (χ3v) is 3.41. The number of halogens is 3. The highest BCUT2D eigenvalue weighted by Gasteiger charge is 2.07. The number of amidine groups is 1. The molecule has 0 heterocycles. The summed E-state index contributed by atoms with van der Waals surface area (Å²) < 4.78 is 5.59. The van der Waals surface area contributed by atoms with E-state index in [1.54, 1.807) is 36.4 Å². The molecule has 2 rings (SSSR count). The van der Waals surface area contributed by atoms with Crippen LogP contribution in [0, 0.1) is 5.41 Å². The van der Waals surface area contributed by atoms with Crippen molar-refractivity contribution in [2.75, 3.05) is 0 Å². The van der Waals surface area contributed by atoms with Crippen molar-refractivity contribution in [2.45, 2.75) is 0 Å². The predicted molar refractivity (Wildman–Crippen MR) is 79.0 cm³/mol. The number of hydrogen-bond donors (Lipinski definition) is 2. The molecule has 0 aliphatic heterocycles. The largest absolute Gasteiger partial charge is 0.457 e. The summed E-state index contributed by atoms with van der Waals surface area (Å²) in [7, 11) is 0. The van der Waals surface area contributed by atoms with Crippen molar-refractivity contribution in [1.29, 1.82) is 5.41 Å². The van der Waals surface area contributed by atoms with Crippen molar-refractivity contribution >= 4 is 40.6 Å². The van der Waals surface area contributed by atoms with Gasteiger partial charge in [0.1, 0.15) is 17.3 Å². The fraction of sp³-hybridized carbons (Fsp3) is 0. The van der Waals surface area contributed by atoms with Gasteiger partial charge in [0.15, 0.2) is 0 Å². The van der Waals surface area contributed by atoms with Crippen LogP contribution in [0.5, 0.6) is 11.5 Å². The standard InChI is InChI=1S/C13H9Cl3N2O/c14-10-4-2-8(6-12(10)16)19-7-1-3-9(13(17)18)11(15)5-7/h1-6H,(H3,17,18). The molecule has 19 heavy (non-hydrogen) atoms. The molecule has 3 N–H and O–H groups in total. The smallest absolute Gasteiger partial charge is 0.129 e. The van der Waals surface area contributed by atoms with Gasteiger partial charge in [0.2, 0.25) is 0 Å². The molecule has 0 spiro atoms. The van der Waals surface area contributed by atoms with Crippen LogP contribution >= 0.6 is 34.8 Å². The Labute approximate surface area is 125 Å². The quantitative estimate of drug-likeness (QED) is 0.636. The molecule has 0 aliphatic carbocycles. The van der Waals surface area contributed by atoms with E-state index in [4.69, 9.17) is 50.7 Å². The first-order valence-corrected chi connectivity index (χ1v) is 6.37. The summed E-state index contributed by atoms with van der Waals surface area (Å²) in [6.45, 7) is 0. The summed E-state index contributed by atoms with van der Waals surface area (Å²) in [5, 5.41) is 8.56. The van der Waals surface area contributed by atoms with Gasteiger partial charge in [-0.05, 0) is 24.3 Å². The molecule has 3 nitrogen and oxygen atoms in total. The zero-order valence-electron chi connectivity index (χ0n) is 9.58. The number of hydrogen-bond acceptors (Lipinski definition) is 2. The fourth-order valence-corrected chi connectivity index (χ4v) is 2.01. The molecular weight excluding hydrogens is 307 g/mol. The highest BCUT2D eigenvalue weighted by molar-refractivity contribution is 6.42. The number of nitrogen functional groups attached to an aromatic ring is 1. The van der Waals surface area contributed by atoms with Crippen LogP contribution in [0.2, 0.25) is 15.1 Å². The Kier molecular flexibility index (Phi) is 4.20. The maximum atomic E-state index is 7.34. The van der Waals surface area contributed by atoms with Gasteiger partial charge in [-0.2, -0.15) is 0 Å². The lowest BCUT2D eigenvalue weighted by Crippen LogP contribution is -2.11.